The molecule has 0 amide bonds. The predicted octanol–water partition coefficient (Wildman–Crippen LogP) is 2.20. The maximum Gasteiger partial charge on any atom is 0.325 e. The number of carboxylic acids is 2. The van der Waals surface area contributed by atoms with E-state index in [1.165, 1.54) is 0 Å². The monoisotopic (exact) mass is 405 g/mol. The van der Waals surface area contributed by atoms with Crippen LogP contribution in [0.3, 0.4) is 0 Å². The van der Waals surface area contributed by atoms with Gasteiger partial charge < -0.3 is 15.9 Å². The quantitative estimate of drug-likeness (QED) is 0.607. The first-order chi connectivity index (χ1) is 11.8. The van der Waals surface area contributed by atoms with E-state index < -0.39 is 29.2 Å². The van der Waals surface area contributed by atoms with Crippen LogP contribution >= 0.6 is 15.9 Å². The molecule has 1 atom stereocenters. The SMILES string of the molecule is NC(Cc1ccccc1)(C(=O)C(C(=O)O)C(=O)O)c1ccc(Br)cc1. The van der Waals surface area contributed by atoms with Crippen molar-refractivity contribution in [2.45, 2.75) is 12.0 Å². The first-order valence-electron chi connectivity index (χ1n) is 7.34. The van der Waals surface area contributed by atoms with E-state index >= 15 is 0 Å². The van der Waals surface area contributed by atoms with Crippen molar-refractivity contribution in [2.24, 2.45) is 11.7 Å². The van der Waals surface area contributed by atoms with Gasteiger partial charge in [0.2, 0.25) is 5.92 Å². The van der Waals surface area contributed by atoms with Crippen LogP contribution in [0.2, 0.25) is 0 Å². The Hall–Kier alpha value is -2.51. The minimum Gasteiger partial charge on any atom is -0.480 e. The van der Waals surface area contributed by atoms with Crippen molar-refractivity contribution in [1.82, 2.24) is 0 Å². The first-order valence-corrected chi connectivity index (χ1v) is 8.14. The number of carboxylic acid groups (broad SMARTS) is 2. The van der Waals surface area contributed by atoms with Crippen LogP contribution in [0, 0.1) is 5.92 Å². The van der Waals surface area contributed by atoms with Crippen LogP contribution in [0.15, 0.2) is 59.1 Å². The third-order valence-corrected chi connectivity index (χ3v) is 4.41. The molecule has 7 heteroatoms. The van der Waals surface area contributed by atoms with Gasteiger partial charge in [-0.1, -0.05) is 58.4 Å². The molecule has 0 aliphatic heterocycles. The Labute approximate surface area is 152 Å². The van der Waals surface area contributed by atoms with Gasteiger partial charge in [-0.3, -0.25) is 14.4 Å². The van der Waals surface area contributed by atoms with Gasteiger partial charge in [-0.05, 0) is 23.3 Å². The summed E-state index contributed by atoms with van der Waals surface area (Å²) < 4.78 is 0.749. The van der Waals surface area contributed by atoms with Gasteiger partial charge in [0, 0.05) is 10.9 Å². The minimum absolute atomic E-state index is 0.0225. The summed E-state index contributed by atoms with van der Waals surface area (Å²) in [6.45, 7) is 0. The summed E-state index contributed by atoms with van der Waals surface area (Å²) in [6, 6.07) is 15.3. The molecule has 0 aromatic heterocycles. The highest BCUT2D eigenvalue weighted by atomic mass is 79.9. The van der Waals surface area contributed by atoms with Crippen molar-refractivity contribution < 1.29 is 24.6 Å². The first kappa shape index (κ1) is 18.8. The fourth-order valence-electron chi connectivity index (χ4n) is 2.58. The van der Waals surface area contributed by atoms with Crippen molar-refractivity contribution in [2.75, 3.05) is 0 Å². The van der Waals surface area contributed by atoms with E-state index in [0.29, 0.717) is 11.1 Å². The van der Waals surface area contributed by atoms with Crippen molar-refractivity contribution in [3.63, 3.8) is 0 Å². The van der Waals surface area contributed by atoms with Crippen molar-refractivity contribution >= 4 is 33.7 Å². The molecule has 2 rings (SSSR count). The Morgan fingerprint density at radius 1 is 0.960 bits per heavy atom. The number of Topliss-reactive ketones (excluding diaryl/α,β-unsaturated/α-hetero) is 1. The van der Waals surface area contributed by atoms with E-state index in [9.17, 15) is 14.4 Å². The van der Waals surface area contributed by atoms with Crippen LogP contribution in [0.1, 0.15) is 11.1 Å². The van der Waals surface area contributed by atoms with Gasteiger partial charge in [0.25, 0.3) is 0 Å². The minimum atomic E-state index is -2.24. The molecular formula is C18H16BrNO5. The number of carbonyl (C=O) groups is 3. The van der Waals surface area contributed by atoms with Crippen LogP contribution in [-0.4, -0.2) is 27.9 Å². The number of ketones is 1. The molecule has 2 aromatic rings. The van der Waals surface area contributed by atoms with Crippen molar-refractivity contribution in [1.29, 1.82) is 0 Å². The van der Waals surface area contributed by atoms with Gasteiger partial charge in [0.1, 0.15) is 5.54 Å². The van der Waals surface area contributed by atoms with Gasteiger partial charge in [-0.25, -0.2) is 0 Å². The number of benzene rings is 2. The molecule has 0 aliphatic carbocycles. The lowest BCUT2D eigenvalue weighted by Gasteiger charge is -2.30. The lowest BCUT2D eigenvalue weighted by Crippen LogP contribution is -2.53. The highest BCUT2D eigenvalue weighted by molar-refractivity contribution is 9.10. The summed E-state index contributed by atoms with van der Waals surface area (Å²) in [6.07, 6.45) is -0.0225. The van der Waals surface area contributed by atoms with Crippen LogP contribution < -0.4 is 5.73 Å². The number of nitrogens with two attached hydrogens (primary N) is 1. The fraction of sp³-hybridized carbons (Fsp3) is 0.167. The zero-order valence-corrected chi connectivity index (χ0v) is 14.6. The Bertz CT molecular complexity index is 777. The molecule has 0 radical (unpaired) electrons. The molecule has 0 fully saturated rings. The second-order valence-electron chi connectivity index (χ2n) is 5.61. The topological polar surface area (TPSA) is 118 Å². The Morgan fingerprint density at radius 2 is 1.48 bits per heavy atom. The molecule has 1 unspecified atom stereocenters. The summed E-state index contributed by atoms with van der Waals surface area (Å²) in [5, 5.41) is 18.3. The highest BCUT2D eigenvalue weighted by Crippen LogP contribution is 2.29. The van der Waals surface area contributed by atoms with E-state index in [2.05, 4.69) is 15.9 Å². The maximum absolute atomic E-state index is 12.8. The number of hydrogen-bond donors (Lipinski definition) is 3. The fourth-order valence-corrected chi connectivity index (χ4v) is 2.85. The molecule has 0 saturated carbocycles. The van der Waals surface area contributed by atoms with E-state index in [1.807, 2.05) is 0 Å². The van der Waals surface area contributed by atoms with Crippen molar-refractivity contribution in [3.05, 3.63) is 70.2 Å². The molecule has 25 heavy (non-hydrogen) atoms. The van der Waals surface area contributed by atoms with E-state index in [1.54, 1.807) is 54.6 Å². The lowest BCUT2D eigenvalue weighted by molar-refractivity contribution is -0.159. The van der Waals surface area contributed by atoms with E-state index in [0.717, 1.165) is 4.47 Å². The van der Waals surface area contributed by atoms with Crippen molar-refractivity contribution in [3.8, 4) is 0 Å². The molecule has 4 N–H and O–H groups in total. The molecular weight excluding hydrogens is 390 g/mol. The molecule has 0 spiro atoms. The second-order valence-corrected chi connectivity index (χ2v) is 6.53. The number of halogens is 1. The third kappa shape index (κ3) is 4.12. The normalized spacial score (nSPS) is 13.2. The summed E-state index contributed by atoms with van der Waals surface area (Å²) >= 11 is 3.28. The van der Waals surface area contributed by atoms with Crippen LogP contribution in [0.25, 0.3) is 0 Å². The largest absolute Gasteiger partial charge is 0.480 e. The summed E-state index contributed by atoms with van der Waals surface area (Å²) in [7, 11) is 0. The molecule has 2 aromatic carbocycles. The molecule has 0 aliphatic rings. The number of carbonyl (C=O) groups excluding carboxylic acids is 1. The summed E-state index contributed by atoms with van der Waals surface area (Å²) in [4.78, 5) is 35.4. The molecule has 0 heterocycles. The number of aliphatic carboxylic acids is 2. The number of rotatable bonds is 7. The van der Waals surface area contributed by atoms with Crippen LogP contribution in [0.5, 0.6) is 0 Å². The zero-order chi connectivity index (χ0) is 18.6. The molecule has 0 bridgehead atoms. The van der Waals surface area contributed by atoms with E-state index in [-0.39, 0.29) is 6.42 Å². The van der Waals surface area contributed by atoms with Crippen LogP contribution in [-0.2, 0) is 26.3 Å². The Balaban J connectivity index is 2.54. The average Bonchev–Trinajstić information content (AvgIpc) is 2.55. The summed E-state index contributed by atoms with van der Waals surface area (Å²) in [5.74, 6) is -6.79. The van der Waals surface area contributed by atoms with Gasteiger partial charge in [0.05, 0.1) is 0 Å². The highest BCUT2D eigenvalue weighted by Gasteiger charge is 2.46. The molecule has 130 valence electrons. The van der Waals surface area contributed by atoms with Gasteiger partial charge in [-0.2, -0.15) is 0 Å². The Kier molecular flexibility index (Phi) is 5.71. The lowest BCUT2D eigenvalue weighted by atomic mass is 9.76. The molecule has 0 saturated heterocycles. The standard InChI is InChI=1S/C18H16BrNO5/c19-13-8-6-12(7-9-13)18(20,10-11-4-2-1-3-5-11)15(21)14(16(22)23)17(24)25/h1-9,14H,10,20H2,(H,22,23)(H,24,25). The smallest absolute Gasteiger partial charge is 0.325 e. The number of hydrogen-bond acceptors (Lipinski definition) is 4. The third-order valence-electron chi connectivity index (χ3n) is 3.88. The van der Waals surface area contributed by atoms with Gasteiger partial charge in [-0.15, -0.1) is 0 Å². The Morgan fingerprint density at radius 3 is 1.96 bits per heavy atom. The van der Waals surface area contributed by atoms with Crippen LogP contribution in [0.4, 0.5) is 0 Å². The van der Waals surface area contributed by atoms with E-state index in [4.69, 9.17) is 15.9 Å². The second kappa shape index (κ2) is 7.58. The zero-order valence-electron chi connectivity index (χ0n) is 13.1. The van der Waals surface area contributed by atoms with Gasteiger partial charge in [0.15, 0.2) is 5.78 Å². The summed E-state index contributed by atoms with van der Waals surface area (Å²) in [5.41, 5.74) is 5.58. The van der Waals surface area contributed by atoms with Gasteiger partial charge >= 0.3 is 11.9 Å². The maximum atomic E-state index is 12.8. The predicted molar refractivity (Wildman–Crippen MR) is 93.9 cm³/mol. The average molecular weight is 406 g/mol. The molecule has 6 nitrogen and oxygen atoms in total.